The maximum Gasteiger partial charge on any atom is 0.00693 e. The molecule has 0 spiro atoms. The minimum Gasteiger partial charge on any atom is -0.319 e. The van der Waals surface area contributed by atoms with Gasteiger partial charge in [-0.15, -0.1) is 11.8 Å². The first-order valence-electron chi connectivity index (χ1n) is 6.78. The van der Waals surface area contributed by atoms with Gasteiger partial charge >= 0.3 is 0 Å². The van der Waals surface area contributed by atoms with E-state index < -0.39 is 0 Å². The minimum absolute atomic E-state index is 0.744. The van der Waals surface area contributed by atoms with E-state index in [1.54, 1.807) is 11.8 Å². The normalized spacial score (nSPS) is 12.6. The minimum atomic E-state index is 0.744. The Balaban J connectivity index is 2.20. The van der Waals surface area contributed by atoms with Crippen LogP contribution in [0.3, 0.4) is 0 Å². The zero-order chi connectivity index (χ0) is 13.2. The highest BCUT2D eigenvalue weighted by atomic mass is 32.2. The van der Waals surface area contributed by atoms with Crippen LogP contribution in [0, 0.1) is 5.92 Å². The third-order valence-electron chi connectivity index (χ3n) is 3.25. The van der Waals surface area contributed by atoms with E-state index >= 15 is 0 Å². The van der Waals surface area contributed by atoms with Gasteiger partial charge in [-0.05, 0) is 63.0 Å². The van der Waals surface area contributed by atoms with Gasteiger partial charge < -0.3 is 10.6 Å². The summed E-state index contributed by atoms with van der Waals surface area (Å²) in [6, 6.07) is 8.88. The first kappa shape index (κ1) is 15.5. The van der Waals surface area contributed by atoms with Crippen molar-refractivity contribution in [3.8, 4) is 0 Å². The average molecular weight is 266 g/mol. The molecule has 3 heteroatoms. The van der Waals surface area contributed by atoms with E-state index in [-0.39, 0.29) is 0 Å². The van der Waals surface area contributed by atoms with Crippen LogP contribution in [0.2, 0.25) is 0 Å². The topological polar surface area (TPSA) is 24.1 Å². The molecule has 0 saturated carbocycles. The number of nitrogens with one attached hydrogen (secondary N) is 2. The van der Waals surface area contributed by atoms with E-state index in [0.717, 1.165) is 32.0 Å². The summed E-state index contributed by atoms with van der Waals surface area (Å²) in [6.45, 7) is 5.54. The molecule has 102 valence electrons. The lowest BCUT2D eigenvalue weighted by Crippen LogP contribution is -2.30. The van der Waals surface area contributed by atoms with Crippen molar-refractivity contribution in [3.63, 3.8) is 0 Å². The fraction of sp³-hybridized carbons (Fsp3) is 0.600. The smallest absolute Gasteiger partial charge is 0.00693 e. The van der Waals surface area contributed by atoms with Gasteiger partial charge in [-0.25, -0.2) is 0 Å². The fourth-order valence-corrected chi connectivity index (χ4v) is 2.39. The largest absolute Gasteiger partial charge is 0.319 e. The van der Waals surface area contributed by atoms with Gasteiger partial charge in [-0.2, -0.15) is 0 Å². The molecule has 0 aliphatic rings. The van der Waals surface area contributed by atoms with Crippen LogP contribution in [-0.2, 0) is 6.42 Å². The molecule has 18 heavy (non-hydrogen) atoms. The maximum absolute atomic E-state index is 3.55. The van der Waals surface area contributed by atoms with E-state index in [1.165, 1.54) is 16.9 Å². The molecule has 1 unspecified atom stereocenters. The van der Waals surface area contributed by atoms with Crippen molar-refractivity contribution in [2.45, 2.75) is 24.7 Å². The third-order valence-corrected chi connectivity index (χ3v) is 4.00. The Bertz CT molecular complexity index is 311. The summed E-state index contributed by atoms with van der Waals surface area (Å²) < 4.78 is 0. The van der Waals surface area contributed by atoms with Gasteiger partial charge in [-0.3, -0.25) is 0 Å². The first-order chi connectivity index (χ1) is 8.80. The second-order valence-corrected chi connectivity index (χ2v) is 5.51. The highest BCUT2D eigenvalue weighted by Crippen LogP contribution is 2.14. The van der Waals surface area contributed by atoms with Crippen LogP contribution in [0.4, 0.5) is 0 Å². The zero-order valence-electron chi connectivity index (χ0n) is 11.8. The zero-order valence-corrected chi connectivity index (χ0v) is 12.6. The summed E-state index contributed by atoms with van der Waals surface area (Å²) in [5, 5.41) is 6.80. The van der Waals surface area contributed by atoms with E-state index in [1.807, 2.05) is 7.05 Å². The van der Waals surface area contributed by atoms with Crippen molar-refractivity contribution in [3.05, 3.63) is 29.8 Å². The molecule has 2 nitrogen and oxygen atoms in total. The van der Waals surface area contributed by atoms with Crippen molar-refractivity contribution in [2.24, 2.45) is 5.92 Å². The Morgan fingerprint density at radius 1 is 1.17 bits per heavy atom. The molecule has 1 aromatic rings. The number of thioether (sulfide) groups is 1. The van der Waals surface area contributed by atoms with Crippen LogP contribution >= 0.6 is 11.8 Å². The van der Waals surface area contributed by atoms with Gasteiger partial charge in [-0.1, -0.05) is 25.5 Å². The third kappa shape index (κ3) is 5.89. The van der Waals surface area contributed by atoms with Crippen LogP contribution in [0.15, 0.2) is 29.2 Å². The highest BCUT2D eigenvalue weighted by Gasteiger charge is 2.03. The molecule has 1 atom stereocenters. The van der Waals surface area contributed by atoms with Crippen LogP contribution < -0.4 is 10.6 Å². The number of rotatable bonds is 9. The molecule has 1 aromatic carbocycles. The molecule has 0 saturated heterocycles. The molecule has 0 fully saturated rings. The Hall–Kier alpha value is -0.510. The molecule has 0 aliphatic carbocycles. The van der Waals surface area contributed by atoms with Gasteiger partial charge in [0.15, 0.2) is 0 Å². The van der Waals surface area contributed by atoms with E-state index in [9.17, 15) is 0 Å². The molecule has 0 bridgehead atoms. The average Bonchev–Trinajstić information content (AvgIpc) is 2.43. The predicted molar refractivity (Wildman–Crippen MR) is 82.5 cm³/mol. The maximum atomic E-state index is 3.55. The fourth-order valence-electron chi connectivity index (χ4n) is 1.98. The monoisotopic (exact) mass is 266 g/mol. The first-order valence-corrected chi connectivity index (χ1v) is 8.00. The molecule has 2 N–H and O–H groups in total. The Kier molecular flexibility index (Phi) is 8.14. The lowest BCUT2D eigenvalue weighted by atomic mass is 10.1. The van der Waals surface area contributed by atoms with Crippen LogP contribution in [0.5, 0.6) is 0 Å². The van der Waals surface area contributed by atoms with Crippen molar-refractivity contribution in [2.75, 3.05) is 32.9 Å². The number of benzene rings is 1. The highest BCUT2D eigenvalue weighted by molar-refractivity contribution is 7.98. The lowest BCUT2D eigenvalue weighted by molar-refractivity contribution is 0.447. The molecule has 0 amide bonds. The molecule has 0 heterocycles. The van der Waals surface area contributed by atoms with E-state index in [4.69, 9.17) is 0 Å². The second-order valence-electron chi connectivity index (χ2n) is 4.63. The SMILES string of the molecule is CCC(CNC)CNCCc1ccc(SC)cc1. The van der Waals surface area contributed by atoms with Gasteiger partial charge in [0.1, 0.15) is 0 Å². The number of hydrogen-bond acceptors (Lipinski definition) is 3. The van der Waals surface area contributed by atoms with Crippen LogP contribution in [-0.4, -0.2) is 32.9 Å². The van der Waals surface area contributed by atoms with Gasteiger partial charge in [0.05, 0.1) is 0 Å². The molecule has 0 aliphatic heterocycles. The van der Waals surface area contributed by atoms with E-state index in [0.29, 0.717) is 0 Å². The van der Waals surface area contributed by atoms with Crippen LogP contribution in [0.1, 0.15) is 18.9 Å². The second kappa shape index (κ2) is 9.42. The molecular formula is C15H26N2S. The predicted octanol–water partition coefficient (Wildman–Crippen LogP) is 2.79. The molecule has 0 aromatic heterocycles. The summed E-state index contributed by atoms with van der Waals surface area (Å²) in [6.07, 6.45) is 4.46. The van der Waals surface area contributed by atoms with Crippen molar-refractivity contribution in [1.82, 2.24) is 10.6 Å². The number of hydrogen-bond donors (Lipinski definition) is 2. The van der Waals surface area contributed by atoms with Crippen molar-refractivity contribution < 1.29 is 0 Å². The summed E-state index contributed by atoms with van der Waals surface area (Å²) in [7, 11) is 2.02. The Morgan fingerprint density at radius 2 is 1.89 bits per heavy atom. The summed E-state index contributed by atoms with van der Waals surface area (Å²) in [5.41, 5.74) is 1.42. The van der Waals surface area contributed by atoms with Gasteiger partial charge in [0.2, 0.25) is 0 Å². The lowest BCUT2D eigenvalue weighted by Gasteiger charge is -2.15. The van der Waals surface area contributed by atoms with Crippen molar-refractivity contribution >= 4 is 11.8 Å². The van der Waals surface area contributed by atoms with Gasteiger partial charge in [0, 0.05) is 4.90 Å². The summed E-state index contributed by atoms with van der Waals surface area (Å²) >= 11 is 1.80. The Morgan fingerprint density at radius 3 is 2.44 bits per heavy atom. The Labute approximate surface area is 116 Å². The molecular weight excluding hydrogens is 240 g/mol. The summed E-state index contributed by atoms with van der Waals surface area (Å²) in [5.74, 6) is 0.744. The van der Waals surface area contributed by atoms with Gasteiger partial charge in [0.25, 0.3) is 0 Å². The standard InChI is InChI=1S/C15H26N2S/c1-4-13(11-16-2)12-17-10-9-14-5-7-15(18-3)8-6-14/h5-8,13,16-17H,4,9-12H2,1-3H3. The van der Waals surface area contributed by atoms with E-state index in [2.05, 4.69) is 48.1 Å². The molecule has 0 radical (unpaired) electrons. The van der Waals surface area contributed by atoms with Crippen LogP contribution in [0.25, 0.3) is 0 Å². The van der Waals surface area contributed by atoms with Crippen molar-refractivity contribution in [1.29, 1.82) is 0 Å². The quantitative estimate of drug-likeness (QED) is 0.531. The molecule has 1 rings (SSSR count). The summed E-state index contributed by atoms with van der Waals surface area (Å²) in [4.78, 5) is 1.34.